The Morgan fingerprint density at radius 2 is 1.92 bits per heavy atom. The van der Waals surface area contributed by atoms with Crippen LogP contribution in [0.4, 0.5) is 11.5 Å². The zero-order valence-corrected chi connectivity index (χ0v) is 14.2. The molecule has 128 valence electrons. The lowest BCUT2D eigenvalue weighted by molar-refractivity contribution is 0.102. The number of hydrogen-bond donors (Lipinski definition) is 2. The summed E-state index contributed by atoms with van der Waals surface area (Å²) in [7, 11) is 0. The van der Waals surface area contributed by atoms with Crippen molar-refractivity contribution in [3.8, 4) is 0 Å². The third kappa shape index (κ3) is 4.44. The molecule has 0 unspecified atom stereocenters. The number of anilines is 2. The highest BCUT2D eigenvalue weighted by Gasteiger charge is 2.09. The Hall–Kier alpha value is -3.15. The summed E-state index contributed by atoms with van der Waals surface area (Å²) in [4.78, 5) is 20.6. The van der Waals surface area contributed by atoms with Crippen LogP contribution in [0, 0.1) is 0 Å². The molecule has 0 spiro atoms. The molecular weight excluding hydrogens is 316 g/mol. The molecule has 0 aliphatic heterocycles. The molecule has 2 N–H and O–H groups in total. The molecule has 3 aromatic rings. The van der Waals surface area contributed by atoms with Gasteiger partial charge in [0.05, 0.1) is 25.2 Å². The van der Waals surface area contributed by atoms with Crippen LogP contribution in [0.15, 0.2) is 59.5 Å². The lowest BCUT2D eigenvalue weighted by Crippen LogP contribution is -2.14. The van der Waals surface area contributed by atoms with Crippen LogP contribution in [-0.4, -0.2) is 15.9 Å². The molecule has 0 radical (unpaired) electrons. The molecule has 3 rings (SSSR count). The van der Waals surface area contributed by atoms with E-state index in [1.807, 2.05) is 36.4 Å². The number of benzene rings is 1. The van der Waals surface area contributed by atoms with E-state index in [0.717, 1.165) is 11.4 Å². The predicted octanol–water partition coefficient (Wildman–Crippen LogP) is 4.06. The van der Waals surface area contributed by atoms with Crippen molar-refractivity contribution in [1.82, 2.24) is 9.97 Å². The van der Waals surface area contributed by atoms with Crippen LogP contribution >= 0.6 is 0 Å². The molecule has 1 aromatic carbocycles. The molecule has 0 saturated carbocycles. The number of nitrogens with zero attached hydrogens (tertiary/aromatic N) is 2. The molecule has 0 atom stereocenters. The SMILES string of the molecule is CC(C)c1ccc(NC(=O)c2cnc(NCc3ccco3)cn2)cc1. The molecule has 2 heterocycles. The summed E-state index contributed by atoms with van der Waals surface area (Å²) in [5.41, 5.74) is 2.22. The predicted molar refractivity (Wildman–Crippen MR) is 96.6 cm³/mol. The van der Waals surface area contributed by atoms with Crippen LogP contribution in [0.2, 0.25) is 0 Å². The number of nitrogens with one attached hydrogen (secondary N) is 2. The fourth-order valence-corrected chi connectivity index (χ4v) is 2.27. The van der Waals surface area contributed by atoms with Crippen molar-refractivity contribution < 1.29 is 9.21 Å². The molecule has 0 saturated heterocycles. The quantitative estimate of drug-likeness (QED) is 0.709. The van der Waals surface area contributed by atoms with Crippen LogP contribution in [0.3, 0.4) is 0 Å². The Morgan fingerprint density at radius 3 is 2.52 bits per heavy atom. The third-order valence-corrected chi connectivity index (χ3v) is 3.74. The number of amides is 1. The van der Waals surface area contributed by atoms with Crippen LogP contribution in [0.5, 0.6) is 0 Å². The van der Waals surface area contributed by atoms with Gasteiger partial charge >= 0.3 is 0 Å². The highest BCUT2D eigenvalue weighted by molar-refractivity contribution is 6.02. The molecule has 6 heteroatoms. The summed E-state index contributed by atoms with van der Waals surface area (Å²) >= 11 is 0. The largest absolute Gasteiger partial charge is 0.467 e. The molecule has 6 nitrogen and oxygen atoms in total. The first-order valence-electron chi connectivity index (χ1n) is 8.11. The second kappa shape index (κ2) is 7.61. The Labute approximate surface area is 146 Å². The average molecular weight is 336 g/mol. The number of aromatic nitrogens is 2. The van der Waals surface area contributed by atoms with E-state index in [-0.39, 0.29) is 11.6 Å². The summed E-state index contributed by atoms with van der Waals surface area (Å²) < 4.78 is 5.23. The Morgan fingerprint density at radius 1 is 1.12 bits per heavy atom. The van der Waals surface area contributed by atoms with Crippen molar-refractivity contribution in [3.63, 3.8) is 0 Å². The van der Waals surface area contributed by atoms with E-state index in [0.29, 0.717) is 18.3 Å². The lowest BCUT2D eigenvalue weighted by Gasteiger charge is -2.08. The van der Waals surface area contributed by atoms with Crippen LogP contribution in [0.25, 0.3) is 0 Å². The highest BCUT2D eigenvalue weighted by Crippen LogP contribution is 2.17. The number of carbonyl (C=O) groups is 1. The first-order valence-corrected chi connectivity index (χ1v) is 8.11. The van der Waals surface area contributed by atoms with E-state index in [4.69, 9.17) is 4.42 Å². The smallest absolute Gasteiger partial charge is 0.275 e. The van der Waals surface area contributed by atoms with Gasteiger partial charge in [0.15, 0.2) is 0 Å². The van der Waals surface area contributed by atoms with Gasteiger partial charge in [-0.2, -0.15) is 0 Å². The number of carbonyl (C=O) groups excluding carboxylic acids is 1. The average Bonchev–Trinajstić information content (AvgIpc) is 3.14. The minimum atomic E-state index is -0.289. The molecule has 1 amide bonds. The minimum absolute atomic E-state index is 0.261. The van der Waals surface area contributed by atoms with Crippen molar-refractivity contribution in [2.24, 2.45) is 0 Å². The van der Waals surface area contributed by atoms with Crippen molar-refractivity contribution in [2.75, 3.05) is 10.6 Å². The monoisotopic (exact) mass is 336 g/mol. The molecule has 0 aliphatic carbocycles. The summed E-state index contributed by atoms with van der Waals surface area (Å²) in [6, 6.07) is 11.5. The van der Waals surface area contributed by atoms with Gasteiger partial charge in [0.2, 0.25) is 0 Å². The number of hydrogen-bond acceptors (Lipinski definition) is 5. The topological polar surface area (TPSA) is 80.0 Å². The molecule has 0 fully saturated rings. The Balaban J connectivity index is 1.58. The molecular formula is C19H20N4O2. The first-order chi connectivity index (χ1) is 12.1. The highest BCUT2D eigenvalue weighted by atomic mass is 16.3. The third-order valence-electron chi connectivity index (χ3n) is 3.74. The van der Waals surface area contributed by atoms with Gasteiger partial charge < -0.3 is 15.1 Å². The fourth-order valence-electron chi connectivity index (χ4n) is 2.27. The first kappa shape index (κ1) is 16.7. The van der Waals surface area contributed by atoms with Crippen molar-refractivity contribution in [1.29, 1.82) is 0 Å². The van der Waals surface area contributed by atoms with Gasteiger partial charge in [-0.05, 0) is 35.7 Å². The lowest BCUT2D eigenvalue weighted by atomic mass is 10.0. The van der Waals surface area contributed by atoms with Gasteiger partial charge in [0, 0.05) is 5.69 Å². The van der Waals surface area contributed by atoms with Gasteiger partial charge in [-0.25, -0.2) is 9.97 Å². The summed E-state index contributed by atoms with van der Waals surface area (Å²) in [5.74, 6) is 1.54. The van der Waals surface area contributed by atoms with Crippen LogP contribution in [0.1, 0.15) is 41.6 Å². The van der Waals surface area contributed by atoms with E-state index in [1.165, 1.54) is 18.0 Å². The van der Waals surface area contributed by atoms with Crippen molar-refractivity contribution in [2.45, 2.75) is 26.3 Å². The van der Waals surface area contributed by atoms with Crippen LogP contribution in [-0.2, 0) is 6.54 Å². The Kier molecular flexibility index (Phi) is 5.09. The Bertz CT molecular complexity index is 810. The standard InChI is InChI=1S/C19H20N4O2/c1-13(2)14-5-7-15(8-6-14)23-19(24)17-11-22-18(12-20-17)21-10-16-4-3-9-25-16/h3-9,11-13H,10H2,1-2H3,(H,21,22)(H,23,24). The van der Waals surface area contributed by atoms with Crippen molar-refractivity contribution >= 4 is 17.4 Å². The van der Waals surface area contributed by atoms with E-state index in [9.17, 15) is 4.79 Å². The second-order valence-electron chi connectivity index (χ2n) is 5.95. The van der Waals surface area contributed by atoms with Gasteiger partial charge in [-0.15, -0.1) is 0 Å². The summed E-state index contributed by atoms with van der Waals surface area (Å²) in [6.07, 6.45) is 4.59. The van der Waals surface area contributed by atoms with Gasteiger partial charge in [-0.1, -0.05) is 26.0 Å². The van der Waals surface area contributed by atoms with Gasteiger partial charge in [0.25, 0.3) is 5.91 Å². The summed E-state index contributed by atoms with van der Waals surface area (Å²) in [6.45, 7) is 4.77. The minimum Gasteiger partial charge on any atom is -0.467 e. The van der Waals surface area contributed by atoms with Crippen molar-refractivity contribution in [3.05, 3.63) is 72.1 Å². The molecule has 2 aromatic heterocycles. The van der Waals surface area contributed by atoms with E-state index >= 15 is 0 Å². The zero-order chi connectivity index (χ0) is 17.6. The maximum atomic E-state index is 12.2. The fraction of sp³-hybridized carbons (Fsp3) is 0.211. The maximum Gasteiger partial charge on any atom is 0.275 e. The van der Waals surface area contributed by atoms with Gasteiger partial charge in [-0.3, -0.25) is 4.79 Å². The number of furan rings is 1. The zero-order valence-electron chi connectivity index (χ0n) is 14.2. The van der Waals surface area contributed by atoms with E-state index < -0.39 is 0 Å². The van der Waals surface area contributed by atoms with E-state index in [2.05, 4.69) is 34.4 Å². The maximum absolute atomic E-state index is 12.2. The number of rotatable bonds is 6. The normalized spacial score (nSPS) is 10.7. The van der Waals surface area contributed by atoms with E-state index in [1.54, 1.807) is 6.26 Å². The molecule has 0 bridgehead atoms. The molecule has 25 heavy (non-hydrogen) atoms. The summed E-state index contributed by atoms with van der Waals surface area (Å²) in [5, 5.41) is 5.90. The van der Waals surface area contributed by atoms with Crippen LogP contribution < -0.4 is 10.6 Å². The van der Waals surface area contributed by atoms with Gasteiger partial charge in [0.1, 0.15) is 17.3 Å². The molecule has 0 aliphatic rings. The second-order valence-corrected chi connectivity index (χ2v) is 5.95.